The molecule has 20 heavy (non-hydrogen) atoms. The van der Waals surface area contributed by atoms with Gasteiger partial charge in [0.05, 0.1) is 17.4 Å². The van der Waals surface area contributed by atoms with Gasteiger partial charge in [0.25, 0.3) is 0 Å². The summed E-state index contributed by atoms with van der Waals surface area (Å²) in [6, 6.07) is 16.1. The first-order valence-corrected chi connectivity index (χ1v) is 6.22. The standard InChI is InChI=1S/C16H12FN3/c17-15-9-8-12(16-14(15)7-4-10-18-16)11-19-20-13-5-2-1-3-6-13/h1-11,20H. The molecule has 1 N–H and O–H groups in total. The lowest BCUT2D eigenvalue weighted by Gasteiger charge is -2.02. The molecule has 0 bridgehead atoms. The predicted octanol–water partition coefficient (Wildman–Crippen LogP) is 3.82. The van der Waals surface area contributed by atoms with E-state index in [1.54, 1.807) is 30.6 Å². The molecule has 0 saturated heterocycles. The van der Waals surface area contributed by atoms with Crippen LogP contribution < -0.4 is 5.43 Å². The Bertz CT molecular complexity index is 754. The smallest absolute Gasteiger partial charge is 0.132 e. The molecular formula is C16H12FN3. The summed E-state index contributed by atoms with van der Waals surface area (Å²) in [5.74, 6) is -0.277. The van der Waals surface area contributed by atoms with Gasteiger partial charge in [0.1, 0.15) is 5.82 Å². The van der Waals surface area contributed by atoms with Crippen molar-refractivity contribution in [3.8, 4) is 0 Å². The average molecular weight is 265 g/mol. The molecule has 0 spiro atoms. The van der Waals surface area contributed by atoms with Gasteiger partial charge in [-0.2, -0.15) is 5.10 Å². The number of hydrogen-bond acceptors (Lipinski definition) is 3. The third kappa shape index (κ3) is 2.49. The minimum atomic E-state index is -0.277. The number of aromatic nitrogens is 1. The lowest BCUT2D eigenvalue weighted by molar-refractivity contribution is 0.639. The monoisotopic (exact) mass is 265 g/mol. The van der Waals surface area contributed by atoms with E-state index in [1.807, 2.05) is 30.3 Å². The number of anilines is 1. The number of nitrogens with zero attached hydrogens (tertiary/aromatic N) is 2. The fourth-order valence-electron chi connectivity index (χ4n) is 1.95. The molecule has 1 aromatic heterocycles. The van der Waals surface area contributed by atoms with E-state index >= 15 is 0 Å². The van der Waals surface area contributed by atoms with E-state index in [-0.39, 0.29) is 5.82 Å². The number of rotatable bonds is 3. The van der Waals surface area contributed by atoms with E-state index in [0.29, 0.717) is 10.9 Å². The molecule has 3 aromatic rings. The number of pyridine rings is 1. The van der Waals surface area contributed by atoms with Gasteiger partial charge < -0.3 is 0 Å². The normalized spacial score (nSPS) is 11.1. The molecule has 0 fully saturated rings. The van der Waals surface area contributed by atoms with Gasteiger partial charge >= 0.3 is 0 Å². The summed E-state index contributed by atoms with van der Waals surface area (Å²) in [6.07, 6.45) is 3.28. The van der Waals surface area contributed by atoms with E-state index in [9.17, 15) is 4.39 Å². The number of benzene rings is 2. The first-order chi connectivity index (χ1) is 9.84. The van der Waals surface area contributed by atoms with Gasteiger partial charge in [0.2, 0.25) is 0 Å². The quantitative estimate of drug-likeness (QED) is 0.577. The molecule has 0 amide bonds. The van der Waals surface area contributed by atoms with Crippen molar-refractivity contribution in [3.05, 3.63) is 72.2 Å². The minimum absolute atomic E-state index is 0.277. The van der Waals surface area contributed by atoms with Crippen LogP contribution in [0.5, 0.6) is 0 Å². The number of nitrogens with one attached hydrogen (secondary N) is 1. The lowest BCUT2D eigenvalue weighted by atomic mass is 10.1. The van der Waals surface area contributed by atoms with Crippen LogP contribution in [0.3, 0.4) is 0 Å². The summed E-state index contributed by atoms with van der Waals surface area (Å²) in [6.45, 7) is 0. The molecule has 3 nitrogen and oxygen atoms in total. The summed E-state index contributed by atoms with van der Waals surface area (Å²) < 4.78 is 13.7. The molecule has 0 unspecified atom stereocenters. The van der Waals surface area contributed by atoms with Crippen molar-refractivity contribution in [3.63, 3.8) is 0 Å². The molecule has 0 saturated carbocycles. The maximum atomic E-state index is 13.7. The largest absolute Gasteiger partial charge is 0.279 e. The van der Waals surface area contributed by atoms with E-state index in [0.717, 1.165) is 11.3 Å². The first kappa shape index (κ1) is 12.3. The second kappa shape index (κ2) is 5.48. The van der Waals surface area contributed by atoms with Crippen LogP contribution in [0.2, 0.25) is 0 Å². The predicted molar refractivity (Wildman–Crippen MR) is 79.4 cm³/mol. The summed E-state index contributed by atoms with van der Waals surface area (Å²) in [5.41, 5.74) is 5.18. The van der Waals surface area contributed by atoms with E-state index < -0.39 is 0 Å². The molecule has 4 heteroatoms. The van der Waals surface area contributed by atoms with Crippen LogP contribution in [-0.2, 0) is 0 Å². The van der Waals surface area contributed by atoms with Crippen molar-refractivity contribution in [2.45, 2.75) is 0 Å². The molecular weight excluding hydrogens is 253 g/mol. The second-order valence-corrected chi connectivity index (χ2v) is 4.27. The number of hydrazone groups is 1. The molecule has 98 valence electrons. The van der Waals surface area contributed by atoms with Crippen molar-refractivity contribution >= 4 is 22.8 Å². The average Bonchev–Trinajstić information content (AvgIpc) is 2.51. The van der Waals surface area contributed by atoms with Gasteiger partial charge in [-0.25, -0.2) is 4.39 Å². The minimum Gasteiger partial charge on any atom is -0.279 e. The van der Waals surface area contributed by atoms with Gasteiger partial charge in [-0.3, -0.25) is 10.4 Å². The molecule has 3 rings (SSSR count). The van der Waals surface area contributed by atoms with Crippen molar-refractivity contribution in [1.29, 1.82) is 0 Å². The van der Waals surface area contributed by atoms with Crippen molar-refractivity contribution < 1.29 is 4.39 Å². The Balaban J connectivity index is 1.90. The van der Waals surface area contributed by atoms with Crippen molar-refractivity contribution in [1.82, 2.24) is 4.98 Å². The molecule has 0 aliphatic heterocycles. The summed E-state index contributed by atoms with van der Waals surface area (Å²) in [5, 5.41) is 4.65. The molecule has 0 atom stereocenters. The Morgan fingerprint density at radius 1 is 1.00 bits per heavy atom. The third-order valence-corrected chi connectivity index (χ3v) is 2.92. The van der Waals surface area contributed by atoms with E-state index in [2.05, 4.69) is 15.5 Å². The number of para-hydroxylation sites is 1. The SMILES string of the molecule is Fc1ccc(C=NNc2ccccc2)c2ncccc12. The highest BCUT2D eigenvalue weighted by molar-refractivity contribution is 5.97. The Morgan fingerprint density at radius 3 is 2.70 bits per heavy atom. The summed E-state index contributed by atoms with van der Waals surface area (Å²) in [4.78, 5) is 4.21. The Hall–Kier alpha value is -2.75. The van der Waals surface area contributed by atoms with Crippen LogP contribution in [0.15, 0.2) is 65.9 Å². The van der Waals surface area contributed by atoms with Gasteiger partial charge in [0.15, 0.2) is 0 Å². The van der Waals surface area contributed by atoms with Gasteiger partial charge in [-0.05, 0) is 36.4 Å². The zero-order valence-electron chi connectivity index (χ0n) is 10.6. The van der Waals surface area contributed by atoms with Gasteiger partial charge in [-0.1, -0.05) is 18.2 Å². The first-order valence-electron chi connectivity index (χ1n) is 6.22. The second-order valence-electron chi connectivity index (χ2n) is 4.27. The lowest BCUT2D eigenvalue weighted by Crippen LogP contribution is -1.93. The van der Waals surface area contributed by atoms with Crippen LogP contribution in [0.1, 0.15) is 5.56 Å². The maximum Gasteiger partial charge on any atom is 0.132 e. The fourth-order valence-corrected chi connectivity index (χ4v) is 1.95. The van der Waals surface area contributed by atoms with Crippen molar-refractivity contribution in [2.75, 3.05) is 5.43 Å². The van der Waals surface area contributed by atoms with Crippen LogP contribution in [0.4, 0.5) is 10.1 Å². The van der Waals surface area contributed by atoms with Gasteiger partial charge in [-0.15, -0.1) is 0 Å². The van der Waals surface area contributed by atoms with Crippen LogP contribution >= 0.6 is 0 Å². The fraction of sp³-hybridized carbons (Fsp3) is 0. The molecule has 0 radical (unpaired) electrons. The van der Waals surface area contributed by atoms with Crippen LogP contribution in [0.25, 0.3) is 10.9 Å². The molecule has 2 aromatic carbocycles. The molecule has 0 aliphatic carbocycles. The zero-order chi connectivity index (χ0) is 13.8. The molecule has 0 aliphatic rings. The topological polar surface area (TPSA) is 37.3 Å². The highest BCUT2D eigenvalue weighted by Gasteiger charge is 2.04. The van der Waals surface area contributed by atoms with Crippen LogP contribution in [0, 0.1) is 5.82 Å². The Morgan fingerprint density at radius 2 is 1.85 bits per heavy atom. The zero-order valence-corrected chi connectivity index (χ0v) is 10.6. The summed E-state index contributed by atoms with van der Waals surface area (Å²) in [7, 11) is 0. The number of halogens is 1. The van der Waals surface area contributed by atoms with Crippen LogP contribution in [-0.4, -0.2) is 11.2 Å². The Kier molecular flexibility index (Phi) is 3.37. The highest BCUT2D eigenvalue weighted by atomic mass is 19.1. The Labute approximate surface area is 115 Å². The maximum absolute atomic E-state index is 13.7. The van der Waals surface area contributed by atoms with Crippen molar-refractivity contribution in [2.24, 2.45) is 5.10 Å². The van der Waals surface area contributed by atoms with Gasteiger partial charge in [0, 0.05) is 17.1 Å². The summed E-state index contributed by atoms with van der Waals surface area (Å²) >= 11 is 0. The third-order valence-electron chi connectivity index (χ3n) is 2.92. The highest BCUT2D eigenvalue weighted by Crippen LogP contribution is 2.18. The number of hydrogen-bond donors (Lipinski definition) is 1. The molecule has 1 heterocycles. The van der Waals surface area contributed by atoms with E-state index in [4.69, 9.17) is 0 Å². The number of fused-ring (bicyclic) bond motifs is 1. The van der Waals surface area contributed by atoms with E-state index in [1.165, 1.54) is 6.07 Å².